The Morgan fingerprint density at radius 3 is 2.13 bits per heavy atom. The molecule has 15 heteroatoms. The summed E-state index contributed by atoms with van der Waals surface area (Å²) in [6.45, 7) is 4.72. The second-order valence-corrected chi connectivity index (χ2v) is 16.7. The Labute approximate surface area is 364 Å². The predicted octanol–water partition coefficient (Wildman–Crippen LogP) is 7.17. The van der Waals surface area contributed by atoms with Crippen LogP contribution in [0.25, 0.3) is 44.8 Å². The number of imidazole rings is 2. The van der Waals surface area contributed by atoms with E-state index in [1.54, 1.807) is 23.2 Å². The maximum Gasteiger partial charge on any atom is 0.408 e. The van der Waals surface area contributed by atoms with Crippen molar-refractivity contribution >= 4 is 40.0 Å². The monoisotopic (exact) mass is 846 g/mol. The van der Waals surface area contributed by atoms with Gasteiger partial charge in [0.15, 0.2) is 5.76 Å². The van der Waals surface area contributed by atoms with E-state index in [2.05, 4.69) is 44.3 Å². The van der Waals surface area contributed by atoms with E-state index >= 15 is 0 Å². The highest BCUT2D eigenvalue weighted by Gasteiger charge is 2.40. The second kappa shape index (κ2) is 17.1. The molecule has 3 aliphatic rings. The third kappa shape index (κ3) is 7.82. The number of nitrogens with one attached hydrogen (secondary N) is 3. The molecule has 4 atom stereocenters. The maximum atomic E-state index is 14.6. The lowest BCUT2D eigenvalue weighted by Crippen LogP contribution is -2.50. The van der Waals surface area contributed by atoms with E-state index in [1.165, 1.54) is 7.05 Å². The molecule has 0 bridgehead atoms. The smallest absolute Gasteiger partial charge is 0.408 e. The molecule has 0 spiro atoms. The number of H-pyrrole nitrogens is 2. The molecule has 3 N–H and O–H groups in total. The molecule has 10 rings (SSSR count). The molecule has 0 radical (unpaired) electrons. The van der Waals surface area contributed by atoms with Crippen LogP contribution in [0.4, 0.5) is 4.79 Å². The van der Waals surface area contributed by atoms with Gasteiger partial charge in [0.1, 0.15) is 23.2 Å². The van der Waals surface area contributed by atoms with Gasteiger partial charge < -0.3 is 39.1 Å². The lowest BCUT2D eigenvalue weighted by atomic mass is 10.0. The summed E-state index contributed by atoms with van der Waals surface area (Å²) in [4.78, 5) is 71.2. The lowest BCUT2D eigenvalue weighted by molar-refractivity contribution is -0.142. The van der Waals surface area contributed by atoms with Gasteiger partial charge in [-0.1, -0.05) is 66.7 Å². The largest absolute Gasteiger partial charge is 0.436 e. The number of aromatic nitrogens is 5. The fourth-order valence-corrected chi connectivity index (χ4v) is 9.47. The minimum atomic E-state index is -1.10. The van der Waals surface area contributed by atoms with Gasteiger partial charge in [-0.15, -0.1) is 0 Å². The Kier molecular flexibility index (Phi) is 10.9. The Morgan fingerprint density at radius 2 is 1.41 bits per heavy atom. The molecule has 3 fully saturated rings. The van der Waals surface area contributed by atoms with Gasteiger partial charge in [-0.2, -0.15) is 0 Å². The van der Waals surface area contributed by atoms with E-state index < -0.39 is 12.2 Å². The van der Waals surface area contributed by atoms with Gasteiger partial charge in [0.05, 0.1) is 40.4 Å². The highest BCUT2D eigenvalue weighted by Crippen LogP contribution is 2.39. The number of hydrogen-bond donors (Lipinski definition) is 3. The van der Waals surface area contributed by atoms with Gasteiger partial charge in [-0.3, -0.25) is 14.5 Å². The normalized spacial score (nSPS) is 19.5. The zero-order valence-corrected chi connectivity index (χ0v) is 35.4. The van der Waals surface area contributed by atoms with E-state index in [0.717, 1.165) is 78.9 Å². The molecular formula is C48H50N10O5. The number of fused-ring (bicyclic) bond motifs is 2. The van der Waals surface area contributed by atoms with E-state index in [4.69, 9.17) is 24.1 Å². The van der Waals surface area contributed by atoms with Crippen molar-refractivity contribution in [2.45, 2.75) is 49.9 Å². The van der Waals surface area contributed by atoms with Gasteiger partial charge in [-0.25, -0.2) is 19.7 Å². The molecule has 0 unspecified atom stereocenters. The Bertz CT molecular complexity index is 2760. The molecule has 0 aliphatic carbocycles. The van der Waals surface area contributed by atoms with Crippen molar-refractivity contribution in [1.82, 2.24) is 49.8 Å². The second-order valence-electron chi connectivity index (χ2n) is 16.7. The molecule has 6 heterocycles. The molecule has 322 valence electrons. The van der Waals surface area contributed by atoms with Crippen molar-refractivity contribution in [3.63, 3.8) is 0 Å². The first-order valence-corrected chi connectivity index (χ1v) is 21.8. The van der Waals surface area contributed by atoms with Crippen LogP contribution in [0.15, 0.2) is 108 Å². The lowest BCUT2D eigenvalue weighted by Gasteiger charge is -2.39. The average molecular weight is 847 g/mol. The van der Waals surface area contributed by atoms with Crippen LogP contribution >= 0.6 is 0 Å². The van der Waals surface area contributed by atoms with Crippen molar-refractivity contribution in [3.05, 3.63) is 126 Å². The number of oxazole rings is 1. The number of carbonyl (C=O) groups excluding carboxylic acids is 3. The topological polar surface area (TPSA) is 169 Å². The summed E-state index contributed by atoms with van der Waals surface area (Å²) < 4.78 is 12.1. The number of para-hydroxylation sites is 1. The molecule has 3 aromatic heterocycles. The third-order valence-electron chi connectivity index (χ3n) is 12.8. The summed E-state index contributed by atoms with van der Waals surface area (Å²) >= 11 is 0. The number of carbonyl (C=O) groups is 3. The Hall–Kier alpha value is -6.84. The van der Waals surface area contributed by atoms with Gasteiger partial charge in [-0.05, 0) is 68.6 Å². The number of alkyl carbamates (subject to hydrolysis) is 1. The number of aromatic amines is 2. The summed E-state index contributed by atoms with van der Waals surface area (Å²) in [7, 11) is 3.60. The van der Waals surface area contributed by atoms with Crippen molar-refractivity contribution < 1.29 is 23.5 Å². The fraction of sp³-hybridized carbons (Fsp3) is 0.333. The van der Waals surface area contributed by atoms with Gasteiger partial charge >= 0.3 is 6.09 Å². The quantitative estimate of drug-likeness (QED) is 0.128. The van der Waals surface area contributed by atoms with Crippen LogP contribution in [0.2, 0.25) is 0 Å². The minimum Gasteiger partial charge on any atom is -0.436 e. The Balaban J connectivity index is 0.887. The molecule has 3 aliphatic heterocycles. The van der Waals surface area contributed by atoms with Gasteiger partial charge in [0.2, 0.25) is 17.9 Å². The summed E-state index contributed by atoms with van der Waals surface area (Å²) in [5, 5.41) is 2.46. The predicted molar refractivity (Wildman–Crippen MR) is 237 cm³/mol. The van der Waals surface area contributed by atoms with Crippen molar-refractivity contribution in [3.8, 4) is 22.8 Å². The van der Waals surface area contributed by atoms with Crippen LogP contribution in [-0.4, -0.2) is 116 Å². The summed E-state index contributed by atoms with van der Waals surface area (Å²) in [5.74, 6) is 2.24. The van der Waals surface area contributed by atoms with E-state index in [-0.39, 0.29) is 29.9 Å². The molecule has 4 aromatic carbocycles. The van der Waals surface area contributed by atoms with Gasteiger partial charge in [0, 0.05) is 57.4 Å². The number of likely N-dealkylation sites (tertiary alicyclic amines) is 2. The number of rotatable bonds is 10. The zero-order valence-electron chi connectivity index (χ0n) is 35.4. The number of amides is 3. The van der Waals surface area contributed by atoms with E-state index in [9.17, 15) is 14.4 Å². The number of benzene rings is 4. The third-order valence-corrected chi connectivity index (χ3v) is 12.8. The molecule has 0 saturated carbocycles. The molecule has 3 amide bonds. The first-order chi connectivity index (χ1) is 30.8. The summed E-state index contributed by atoms with van der Waals surface area (Å²) in [6.07, 6.45) is 3.15. The van der Waals surface area contributed by atoms with Crippen LogP contribution in [0.5, 0.6) is 0 Å². The number of likely N-dealkylation sites (N-methyl/N-ethyl adjacent to an activating group) is 1. The molecule has 63 heavy (non-hydrogen) atoms. The fourth-order valence-electron chi connectivity index (χ4n) is 9.47. The van der Waals surface area contributed by atoms with Crippen LogP contribution in [-0.2, 0) is 14.3 Å². The van der Waals surface area contributed by atoms with E-state index in [1.807, 2.05) is 77.7 Å². The van der Waals surface area contributed by atoms with Crippen LogP contribution in [0, 0.1) is 0 Å². The maximum absolute atomic E-state index is 14.6. The van der Waals surface area contributed by atoms with Crippen molar-refractivity contribution in [2.24, 2.45) is 0 Å². The molecule has 3 saturated heterocycles. The minimum absolute atomic E-state index is 0.126. The summed E-state index contributed by atoms with van der Waals surface area (Å²) in [5.41, 5.74) is 6.29. The van der Waals surface area contributed by atoms with Gasteiger partial charge in [0.25, 0.3) is 5.91 Å². The first kappa shape index (κ1) is 40.2. The molecule has 7 aromatic rings. The van der Waals surface area contributed by atoms with Crippen LogP contribution < -0.4 is 5.32 Å². The van der Waals surface area contributed by atoms with Crippen molar-refractivity contribution in [2.75, 3.05) is 53.4 Å². The number of piperazine rings is 1. The average Bonchev–Trinajstić information content (AvgIpc) is 4.18. The van der Waals surface area contributed by atoms with E-state index in [0.29, 0.717) is 53.6 Å². The standard InChI is InChI=1S/C48H50N10O5/c1-49-48(61)63-42(31-14-7-4-8-15-31)47(60)58-23-11-19-38(58)44-52-35-17-9-16-33(40(35)54-44)45-50-29-39(62-45)32-20-21-34-36(28-32)53-43(51-34)37-18-10-22-57(37)46(59)41(30-12-5-3-6-13-30)56-26-24-55(2)25-27-56/h3-9,12-17,20-21,28-29,37-38,41-42H,10-11,18-19,22-27H2,1-2H3,(H,49,61)(H,51,53)(H,52,54)/t37-,38-,41+,42+/m0/s1. The molecular weight excluding hydrogens is 797 g/mol. The molecule has 15 nitrogen and oxygen atoms in total. The number of hydrogen-bond acceptors (Lipinski definition) is 10. The van der Waals surface area contributed by atoms with Crippen LogP contribution in [0.1, 0.15) is 72.7 Å². The van der Waals surface area contributed by atoms with Crippen molar-refractivity contribution in [1.29, 1.82) is 0 Å². The Morgan fingerprint density at radius 1 is 0.746 bits per heavy atom. The summed E-state index contributed by atoms with van der Waals surface area (Å²) in [6, 6.07) is 30.1. The van der Waals surface area contributed by atoms with Crippen LogP contribution in [0.3, 0.4) is 0 Å². The first-order valence-electron chi connectivity index (χ1n) is 21.8. The SMILES string of the molecule is CNC(=O)O[C@@H](C(=O)N1CCC[C@H]1c1nc2c(-c3ncc(-c4ccc5nc([C@@H]6CCCN6C(=O)[C@@H](c6ccccc6)N6CCN(C)CC6)[nH]c5c4)o3)cccc2[nH]1)c1ccccc1. The number of nitrogens with zero attached hydrogens (tertiary/aromatic N) is 7. The highest BCUT2D eigenvalue weighted by atomic mass is 16.6. The highest BCUT2D eigenvalue weighted by molar-refractivity contribution is 5.91. The number of ether oxygens (including phenoxy) is 1. The zero-order chi connectivity index (χ0) is 43.0.